The van der Waals surface area contributed by atoms with Crippen molar-refractivity contribution in [2.75, 3.05) is 0 Å². The topological polar surface area (TPSA) is 63.2 Å². The third-order valence-corrected chi connectivity index (χ3v) is 4.58. The first-order chi connectivity index (χ1) is 14.7. The summed E-state index contributed by atoms with van der Waals surface area (Å²) in [5.74, 6) is 0.0965. The Labute approximate surface area is 174 Å². The summed E-state index contributed by atoms with van der Waals surface area (Å²) >= 11 is 0. The van der Waals surface area contributed by atoms with E-state index in [0.29, 0.717) is 5.75 Å². The Hall–Kier alpha value is -3.93. The third-order valence-electron chi connectivity index (χ3n) is 4.58. The fourth-order valence-corrected chi connectivity index (χ4v) is 3.27. The van der Waals surface area contributed by atoms with Gasteiger partial charge in [0, 0.05) is 47.5 Å². The van der Waals surface area contributed by atoms with Gasteiger partial charge in [-0.15, -0.1) is 0 Å². The van der Waals surface area contributed by atoms with Gasteiger partial charge in [-0.2, -0.15) is 18.4 Å². The maximum Gasteiger partial charge on any atom is 0.394 e. The number of rotatable bonds is 4. The van der Waals surface area contributed by atoms with Gasteiger partial charge in [0.05, 0.1) is 12.1 Å². The molecule has 4 rings (SSSR count). The molecule has 0 radical (unpaired) electrons. The van der Waals surface area contributed by atoms with Gasteiger partial charge in [0.1, 0.15) is 28.9 Å². The SMILES string of the molecule is Cc1cc(Oc2ccc(-c3ccn4c(CC(F)(F)F)cnc4c3C#N)c(F)c2)ccn1. The molecule has 0 bridgehead atoms. The maximum absolute atomic E-state index is 14.9. The number of pyridine rings is 2. The Morgan fingerprint density at radius 1 is 1.06 bits per heavy atom. The number of benzene rings is 1. The molecule has 31 heavy (non-hydrogen) atoms. The van der Waals surface area contributed by atoms with Crippen molar-refractivity contribution in [3.05, 3.63) is 77.8 Å². The monoisotopic (exact) mass is 426 g/mol. The largest absolute Gasteiger partial charge is 0.457 e. The van der Waals surface area contributed by atoms with Gasteiger partial charge < -0.3 is 9.14 Å². The molecule has 156 valence electrons. The molecule has 5 nitrogen and oxygen atoms in total. The van der Waals surface area contributed by atoms with Crippen molar-refractivity contribution in [2.45, 2.75) is 19.5 Å². The van der Waals surface area contributed by atoms with E-state index in [4.69, 9.17) is 4.74 Å². The summed E-state index contributed by atoms with van der Waals surface area (Å²) in [6.45, 7) is 1.80. The second-order valence-electron chi connectivity index (χ2n) is 6.83. The molecular weight excluding hydrogens is 412 g/mol. The maximum atomic E-state index is 14.9. The number of aromatic nitrogens is 3. The van der Waals surface area contributed by atoms with Crippen LogP contribution in [0.2, 0.25) is 0 Å². The lowest BCUT2D eigenvalue weighted by Crippen LogP contribution is -2.13. The normalized spacial score (nSPS) is 11.5. The van der Waals surface area contributed by atoms with Crippen LogP contribution in [-0.4, -0.2) is 20.5 Å². The molecule has 0 N–H and O–H groups in total. The fraction of sp³-hybridized carbons (Fsp3) is 0.136. The van der Waals surface area contributed by atoms with Crippen LogP contribution in [0, 0.1) is 24.1 Å². The Kier molecular flexibility index (Phi) is 5.07. The summed E-state index contributed by atoms with van der Waals surface area (Å²) in [5, 5.41) is 9.61. The highest BCUT2D eigenvalue weighted by Crippen LogP contribution is 2.33. The van der Waals surface area contributed by atoms with Crippen molar-refractivity contribution >= 4 is 5.65 Å². The number of fused-ring (bicyclic) bond motifs is 1. The summed E-state index contributed by atoms with van der Waals surface area (Å²) in [5.41, 5.74) is 0.980. The zero-order chi connectivity index (χ0) is 22.2. The first kappa shape index (κ1) is 20.3. The van der Waals surface area contributed by atoms with Crippen molar-refractivity contribution in [2.24, 2.45) is 0 Å². The summed E-state index contributed by atoms with van der Waals surface area (Å²) in [6.07, 6.45) is -1.62. The van der Waals surface area contributed by atoms with Gasteiger partial charge in [0.15, 0.2) is 5.65 Å². The minimum absolute atomic E-state index is 0.0201. The van der Waals surface area contributed by atoms with Gasteiger partial charge in [-0.3, -0.25) is 4.98 Å². The van der Waals surface area contributed by atoms with Gasteiger partial charge in [-0.05, 0) is 31.2 Å². The highest BCUT2D eigenvalue weighted by Gasteiger charge is 2.30. The average Bonchev–Trinajstić information content (AvgIpc) is 3.09. The summed E-state index contributed by atoms with van der Waals surface area (Å²) in [7, 11) is 0. The smallest absolute Gasteiger partial charge is 0.394 e. The van der Waals surface area contributed by atoms with E-state index in [1.165, 1.54) is 28.8 Å². The van der Waals surface area contributed by atoms with Gasteiger partial charge in [0.25, 0.3) is 0 Å². The van der Waals surface area contributed by atoms with Crippen LogP contribution in [0.3, 0.4) is 0 Å². The highest BCUT2D eigenvalue weighted by molar-refractivity contribution is 5.78. The first-order valence-corrected chi connectivity index (χ1v) is 9.11. The Bertz CT molecular complexity index is 1320. The molecule has 4 aromatic rings. The van der Waals surface area contributed by atoms with Crippen molar-refractivity contribution in [1.82, 2.24) is 14.4 Å². The van der Waals surface area contributed by atoms with E-state index in [2.05, 4.69) is 9.97 Å². The third kappa shape index (κ3) is 4.19. The Balaban J connectivity index is 1.72. The van der Waals surface area contributed by atoms with Crippen LogP contribution in [-0.2, 0) is 6.42 Å². The lowest BCUT2D eigenvalue weighted by molar-refractivity contribution is -0.127. The van der Waals surface area contributed by atoms with Crippen LogP contribution in [0.25, 0.3) is 16.8 Å². The van der Waals surface area contributed by atoms with Crippen LogP contribution in [0.4, 0.5) is 17.6 Å². The minimum atomic E-state index is -4.42. The van der Waals surface area contributed by atoms with Crippen LogP contribution in [0.15, 0.2) is 55.0 Å². The second kappa shape index (κ2) is 7.72. The summed E-state index contributed by atoms with van der Waals surface area (Å²) < 4.78 is 60.0. The van der Waals surface area contributed by atoms with Gasteiger partial charge in [-0.25, -0.2) is 9.37 Å². The van der Waals surface area contributed by atoms with Crippen molar-refractivity contribution in [3.8, 4) is 28.7 Å². The minimum Gasteiger partial charge on any atom is -0.457 e. The van der Waals surface area contributed by atoms with E-state index < -0.39 is 18.4 Å². The molecule has 0 atom stereocenters. The number of hydrogen-bond donors (Lipinski definition) is 0. The predicted molar refractivity (Wildman–Crippen MR) is 104 cm³/mol. The quantitative estimate of drug-likeness (QED) is 0.398. The van der Waals surface area contributed by atoms with Crippen LogP contribution >= 0.6 is 0 Å². The summed E-state index contributed by atoms with van der Waals surface area (Å²) in [6, 6.07) is 10.8. The first-order valence-electron chi connectivity index (χ1n) is 9.11. The van der Waals surface area contributed by atoms with E-state index in [0.717, 1.165) is 11.9 Å². The zero-order valence-electron chi connectivity index (χ0n) is 16.1. The molecule has 0 unspecified atom stereocenters. The zero-order valence-corrected chi connectivity index (χ0v) is 16.1. The van der Waals surface area contributed by atoms with Crippen LogP contribution in [0.5, 0.6) is 11.5 Å². The molecule has 0 aliphatic heterocycles. The molecule has 3 aromatic heterocycles. The standard InChI is InChI=1S/C22H14F4N4O/c1-13-8-16(4-6-28-13)31-15-2-3-18(20(23)9-15)17-5-7-30-14(10-22(24,25)26)12-29-21(30)19(17)11-27/h2-9,12H,10H2,1H3. The van der Waals surface area contributed by atoms with Gasteiger partial charge in [-0.1, -0.05) is 0 Å². The number of ether oxygens (including phenoxy) is 1. The van der Waals surface area contributed by atoms with Crippen molar-refractivity contribution in [3.63, 3.8) is 0 Å². The number of nitriles is 1. The average molecular weight is 426 g/mol. The van der Waals surface area contributed by atoms with Crippen molar-refractivity contribution in [1.29, 1.82) is 5.26 Å². The molecule has 3 heterocycles. The van der Waals surface area contributed by atoms with E-state index >= 15 is 0 Å². The van der Waals surface area contributed by atoms with E-state index in [1.54, 1.807) is 31.3 Å². The molecule has 9 heteroatoms. The van der Waals surface area contributed by atoms with Gasteiger partial charge in [0.2, 0.25) is 0 Å². The summed E-state index contributed by atoms with van der Waals surface area (Å²) in [4.78, 5) is 8.02. The molecule has 0 amide bonds. The molecule has 1 aromatic carbocycles. The number of hydrogen-bond acceptors (Lipinski definition) is 4. The van der Waals surface area contributed by atoms with E-state index in [1.807, 2.05) is 6.07 Å². The van der Waals surface area contributed by atoms with Crippen LogP contribution < -0.4 is 4.74 Å². The molecular formula is C22H14F4N4O. The van der Waals surface area contributed by atoms with Crippen LogP contribution in [0.1, 0.15) is 17.0 Å². The van der Waals surface area contributed by atoms with Crippen molar-refractivity contribution < 1.29 is 22.3 Å². The Morgan fingerprint density at radius 3 is 2.52 bits per heavy atom. The van der Waals surface area contributed by atoms with Gasteiger partial charge >= 0.3 is 6.18 Å². The lowest BCUT2D eigenvalue weighted by Gasteiger charge is -2.11. The number of aryl methyl sites for hydroxylation is 1. The van der Waals surface area contributed by atoms with E-state index in [9.17, 15) is 22.8 Å². The number of imidazole rings is 1. The fourth-order valence-electron chi connectivity index (χ4n) is 3.27. The number of halogens is 4. The number of nitrogens with zero attached hydrogens (tertiary/aromatic N) is 4. The molecule has 0 saturated carbocycles. The molecule has 0 aliphatic carbocycles. The molecule has 0 aliphatic rings. The number of alkyl halides is 3. The molecule has 0 saturated heterocycles. The molecule has 0 spiro atoms. The second-order valence-corrected chi connectivity index (χ2v) is 6.83. The van der Waals surface area contributed by atoms with E-state index in [-0.39, 0.29) is 33.8 Å². The lowest BCUT2D eigenvalue weighted by atomic mass is 10.0. The highest BCUT2D eigenvalue weighted by atomic mass is 19.4. The predicted octanol–water partition coefficient (Wildman–Crippen LogP) is 5.61. The molecule has 0 fully saturated rings. The Morgan fingerprint density at radius 2 is 1.84 bits per heavy atom.